The quantitative estimate of drug-likeness (QED) is 0.684. The molecular formula is C17H31NO5. The monoisotopic (exact) mass is 329 g/mol. The summed E-state index contributed by atoms with van der Waals surface area (Å²) in [5.41, 5.74) is -1.44. The number of hydrogen-bond donors (Lipinski definition) is 0. The second-order valence-corrected chi connectivity index (χ2v) is 7.63. The zero-order chi connectivity index (χ0) is 18.3. The van der Waals surface area contributed by atoms with Crippen LogP contribution in [0.15, 0.2) is 0 Å². The van der Waals surface area contributed by atoms with Crippen LogP contribution in [0.25, 0.3) is 0 Å². The summed E-state index contributed by atoms with van der Waals surface area (Å²) < 4.78 is 10.6. The first kappa shape index (κ1) is 21.4. The lowest BCUT2D eigenvalue weighted by molar-refractivity contribution is -0.108. The summed E-state index contributed by atoms with van der Waals surface area (Å²) >= 11 is 0. The summed E-state index contributed by atoms with van der Waals surface area (Å²) in [6.07, 6.45) is 1.19. The van der Waals surface area contributed by atoms with Gasteiger partial charge in [0.05, 0.1) is 0 Å². The van der Waals surface area contributed by atoms with Crippen LogP contribution in [0.2, 0.25) is 0 Å². The van der Waals surface area contributed by atoms with Gasteiger partial charge in [-0.1, -0.05) is 13.3 Å². The average Bonchev–Trinajstić information content (AvgIpc) is 2.31. The Hall–Kier alpha value is -1.59. The minimum Gasteiger partial charge on any atom is -0.443 e. The van der Waals surface area contributed by atoms with Crippen LogP contribution in [0, 0.1) is 5.92 Å². The smallest absolute Gasteiger partial charge is 0.419 e. The molecule has 0 radical (unpaired) electrons. The van der Waals surface area contributed by atoms with Crippen molar-refractivity contribution < 1.29 is 23.9 Å². The number of imide groups is 1. The molecule has 0 aromatic heterocycles. The van der Waals surface area contributed by atoms with E-state index in [2.05, 4.69) is 0 Å². The minimum absolute atomic E-state index is 0.0995. The van der Waals surface area contributed by atoms with Crippen molar-refractivity contribution in [3.63, 3.8) is 0 Å². The lowest BCUT2D eigenvalue weighted by Gasteiger charge is -2.30. The van der Waals surface area contributed by atoms with Gasteiger partial charge in [0.2, 0.25) is 0 Å². The number of aldehydes is 1. The lowest BCUT2D eigenvalue weighted by atomic mass is 10.00. The van der Waals surface area contributed by atoms with Gasteiger partial charge < -0.3 is 14.3 Å². The van der Waals surface area contributed by atoms with E-state index in [4.69, 9.17) is 9.47 Å². The molecule has 0 spiro atoms. The molecule has 0 aliphatic heterocycles. The van der Waals surface area contributed by atoms with Gasteiger partial charge in [0, 0.05) is 13.0 Å². The summed E-state index contributed by atoms with van der Waals surface area (Å²) in [6, 6.07) is 0. The minimum atomic E-state index is -0.751. The molecule has 0 N–H and O–H groups in total. The van der Waals surface area contributed by atoms with Gasteiger partial charge in [0.15, 0.2) is 0 Å². The number of ether oxygens (including phenoxy) is 2. The molecule has 134 valence electrons. The highest BCUT2D eigenvalue weighted by molar-refractivity contribution is 5.88. The molecule has 0 rings (SSSR count). The standard InChI is InChI=1S/C17H31NO5/c1-8-9-13(10-11-19)12-18(14(20)22-16(2,3)4)15(21)23-17(5,6)7/h11,13H,8-10,12H2,1-7H3/t13-/m1/s1. The maximum atomic E-state index is 12.3. The summed E-state index contributed by atoms with van der Waals surface area (Å²) in [5, 5.41) is 0. The van der Waals surface area contributed by atoms with E-state index in [-0.39, 0.29) is 18.9 Å². The van der Waals surface area contributed by atoms with E-state index in [0.717, 1.165) is 24.0 Å². The van der Waals surface area contributed by atoms with Gasteiger partial charge in [0.25, 0.3) is 0 Å². The zero-order valence-electron chi connectivity index (χ0n) is 15.5. The Labute approximate surface area is 139 Å². The molecule has 6 nitrogen and oxygen atoms in total. The number of carbonyl (C=O) groups is 3. The normalized spacial score (nSPS) is 13.2. The van der Waals surface area contributed by atoms with Crippen molar-refractivity contribution in [1.82, 2.24) is 4.90 Å². The number of amides is 2. The molecule has 0 aromatic rings. The molecule has 6 heteroatoms. The summed E-state index contributed by atoms with van der Waals surface area (Å²) in [7, 11) is 0. The van der Waals surface area contributed by atoms with Gasteiger partial charge in [-0.25, -0.2) is 14.5 Å². The highest BCUT2D eigenvalue weighted by atomic mass is 16.6. The topological polar surface area (TPSA) is 72.9 Å². The van der Waals surface area contributed by atoms with Crippen molar-refractivity contribution in [2.75, 3.05) is 6.54 Å². The molecule has 0 aromatic carbocycles. The average molecular weight is 329 g/mol. The fourth-order valence-corrected chi connectivity index (χ4v) is 1.94. The van der Waals surface area contributed by atoms with Crippen molar-refractivity contribution in [2.24, 2.45) is 5.92 Å². The molecule has 0 aliphatic carbocycles. The highest BCUT2D eigenvalue weighted by Gasteiger charge is 2.32. The number of nitrogens with zero attached hydrogens (tertiary/aromatic N) is 1. The molecule has 0 fully saturated rings. The Balaban J connectivity index is 5.22. The van der Waals surface area contributed by atoms with Crippen LogP contribution in [-0.4, -0.2) is 41.1 Å². The van der Waals surface area contributed by atoms with E-state index in [1.165, 1.54) is 0 Å². The Morgan fingerprint density at radius 1 is 1.00 bits per heavy atom. The van der Waals surface area contributed by atoms with Gasteiger partial charge in [0.1, 0.15) is 17.5 Å². The van der Waals surface area contributed by atoms with Gasteiger partial charge in [-0.05, 0) is 53.9 Å². The summed E-state index contributed by atoms with van der Waals surface area (Å²) in [6.45, 7) is 12.5. The summed E-state index contributed by atoms with van der Waals surface area (Å²) in [5.74, 6) is -0.0995. The van der Waals surface area contributed by atoms with E-state index in [1.807, 2.05) is 6.92 Å². The van der Waals surface area contributed by atoms with Crippen LogP contribution in [0.3, 0.4) is 0 Å². The van der Waals surface area contributed by atoms with Crippen LogP contribution < -0.4 is 0 Å². The molecular weight excluding hydrogens is 298 g/mol. The van der Waals surface area contributed by atoms with Gasteiger partial charge in [-0.3, -0.25) is 0 Å². The molecule has 0 saturated heterocycles. The number of hydrogen-bond acceptors (Lipinski definition) is 5. The van der Waals surface area contributed by atoms with Crippen molar-refractivity contribution in [3.8, 4) is 0 Å². The van der Waals surface area contributed by atoms with Crippen molar-refractivity contribution in [2.45, 2.75) is 78.9 Å². The van der Waals surface area contributed by atoms with Crippen molar-refractivity contribution >= 4 is 18.5 Å². The van der Waals surface area contributed by atoms with Gasteiger partial charge in [-0.15, -0.1) is 0 Å². The Morgan fingerprint density at radius 2 is 1.43 bits per heavy atom. The first-order valence-electron chi connectivity index (χ1n) is 8.06. The third kappa shape index (κ3) is 9.92. The maximum absolute atomic E-state index is 12.3. The second-order valence-electron chi connectivity index (χ2n) is 7.63. The van der Waals surface area contributed by atoms with Crippen LogP contribution >= 0.6 is 0 Å². The summed E-state index contributed by atoms with van der Waals surface area (Å²) in [4.78, 5) is 36.5. The fourth-order valence-electron chi connectivity index (χ4n) is 1.94. The molecule has 0 unspecified atom stereocenters. The molecule has 0 aliphatic rings. The van der Waals surface area contributed by atoms with E-state index in [1.54, 1.807) is 41.5 Å². The second kappa shape index (κ2) is 8.89. The third-order valence-corrected chi connectivity index (χ3v) is 2.80. The Kier molecular flexibility index (Phi) is 8.28. The number of rotatable bonds is 6. The molecule has 1 atom stereocenters. The molecule has 0 heterocycles. The van der Waals surface area contributed by atoms with Crippen LogP contribution in [0.4, 0.5) is 9.59 Å². The maximum Gasteiger partial charge on any atom is 0.419 e. The fraction of sp³-hybridized carbons (Fsp3) is 0.824. The van der Waals surface area contributed by atoms with Crippen LogP contribution in [0.5, 0.6) is 0 Å². The number of carbonyl (C=O) groups excluding carboxylic acids is 3. The van der Waals surface area contributed by atoms with E-state index >= 15 is 0 Å². The predicted octanol–water partition coefficient (Wildman–Crippen LogP) is 4.16. The van der Waals surface area contributed by atoms with Crippen LogP contribution in [-0.2, 0) is 14.3 Å². The van der Waals surface area contributed by atoms with Gasteiger partial charge >= 0.3 is 12.2 Å². The Morgan fingerprint density at radius 3 is 1.74 bits per heavy atom. The SMILES string of the molecule is CCC[C@H](CC=O)CN(C(=O)OC(C)(C)C)C(=O)OC(C)(C)C. The van der Waals surface area contributed by atoms with Crippen molar-refractivity contribution in [1.29, 1.82) is 0 Å². The Bertz CT molecular complexity index is 378. The molecule has 23 heavy (non-hydrogen) atoms. The molecule has 0 saturated carbocycles. The van der Waals surface area contributed by atoms with E-state index < -0.39 is 23.4 Å². The molecule has 0 bridgehead atoms. The molecule has 2 amide bonds. The third-order valence-electron chi connectivity index (χ3n) is 2.80. The lowest BCUT2D eigenvalue weighted by Crippen LogP contribution is -2.45. The van der Waals surface area contributed by atoms with Crippen molar-refractivity contribution in [3.05, 3.63) is 0 Å². The first-order chi connectivity index (χ1) is 10.4. The highest BCUT2D eigenvalue weighted by Crippen LogP contribution is 2.18. The van der Waals surface area contributed by atoms with Crippen LogP contribution in [0.1, 0.15) is 67.7 Å². The zero-order valence-corrected chi connectivity index (χ0v) is 15.5. The van der Waals surface area contributed by atoms with Gasteiger partial charge in [-0.2, -0.15) is 0 Å². The predicted molar refractivity (Wildman–Crippen MR) is 88.3 cm³/mol. The van der Waals surface area contributed by atoms with E-state index in [9.17, 15) is 14.4 Å². The largest absolute Gasteiger partial charge is 0.443 e. The van der Waals surface area contributed by atoms with E-state index in [0.29, 0.717) is 0 Å². The first-order valence-corrected chi connectivity index (χ1v) is 8.06.